The summed E-state index contributed by atoms with van der Waals surface area (Å²) in [5.74, 6) is 1.50. The van der Waals surface area contributed by atoms with Gasteiger partial charge < -0.3 is 8.83 Å². The molecule has 9 rings (SSSR count). The van der Waals surface area contributed by atoms with Crippen LogP contribution in [0.1, 0.15) is 52.7 Å². The van der Waals surface area contributed by atoms with E-state index >= 15 is 0 Å². The molecule has 0 aliphatic heterocycles. The summed E-state index contributed by atoms with van der Waals surface area (Å²) < 4.78 is 12.5. The molecule has 4 aromatic carbocycles. The van der Waals surface area contributed by atoms with Gasteiger partial charge >= 0.3 is 0 Å². The Kier molecular flexibility index (Phi) is 7.74. The molecule has 54 heavy (non-hydrogen) atoms. The average Bonchev–Trinajstić information content (AvgIpc) is 3.88. The first-order chi connectivity index (χ1) is 26.0. The number of fused-ring (bicyclic) bond motifs is 8. The molecule has 4 aromatic heterocycles. The van der Waals surface area contributed by atoms with Crippen LogP contribution in [0, 0.1) is 0 Å². The van der Waals surface area contributed by atoms with Crippen molar-refractivity contribution in [2.45, 2.75) is 52.4 Å². The van der Waals surface area contributed by atoms with Gasteiger partial charge in [-0.1, -0.05) is 114 Å². The smallest absolute Gasteiger partial charge is 0.266 e. The van der Waals surface area contributed by atoms with Crippen LogP contribution in [-0.4, -0.2) is 30.4 Å². The predicted molar refractivity (Wildman–Crippen MR) is 212 cm³/mol. The normalized spacial score (nSPS) is 12.3. The summed E-state index contributed by atoms with van der Waals surface area (Å²) in [4.78, 5) is 10.5. The highest BCUT2D eigenvalue weighted by atomic mass is 16.4. The Hall–Kier alpha value is -6.54. The molecule has 0 atom stereocenters. The van der Waals surface area contributed by atoms with Gasteiger partial charge in [0.2, 0.25) is 11.8 Å². The zero-order valence-electron chi connectivity index (χ0n) is 31.0. The van der Waals surface area contributed by atoms with Crippen molar-refractivity contribution in [1.82, 2.24) is 30.4 Å². The van der Waals surface area contributed by atoms with Crippen molar-refractivity contribution in [2.24, 2.45) is 0 Å². The van der Waals surface area contributed by atoms with Crippen LogP contribution in [-0.2, 0) is 10.8 Å². The third-order valence-electron chi connectivity index (χ3n) is 10.0. The van der Waals surface area contributed by atoms with Crippen molar-refractivity contribution >= 4 is 0 Å². The number of aromatic nitrogens is 6. The summed E-state index contributed by atoms with van der Waals surface area (Å²) in [6.07, 6.45) is 0. The molecule has 0 saturated carbocycles. The fourth-order valence-electron chi connectivity index (χ4n) is 6.97. The van der Waals surface area contributed by atoms with Crippen molar-refractivity contribution in [1.29, 1.82) is 0 Å². The highest BCUT2D eigenvalue weighted by Gasteiger charge is 2.27. The van der Waals surface area contributed by atoms with E-state index < -0.39 is 0 Å². The lowest BCUT2D eigenvalue weighted by Crippen LogP contribution is -2.10. The van der Waals surface area contributed by atoms with E-state index in [4.69, 9.17) is 18.8 Å². The number of nitrogens with zero attached hydrogens (tertiary/aromatic N) is 6. The lowest BCUT2D eigenvalue weighted by Gasteiger charge is -2.22. The highest BCUT2D eigenvalue weighted by molar-refractivity contribution is 6.01. The molecule has 1 aliphatic rings. The van der Waals surface area contributed by atoms with Crippen molar-refractivity contribution in [3.8, 4) is 90.8 Å². The van der Waals surface area contributed by atoms with Crippen LogP contribution in [0.15, 0.2) is 130 Å². The topological polar surface area (TPSA) is 104 Å². The Morgan fingerprint density at radius 3 is 1.04 bits per heavy atom. The SMILES string of the molecule is CC(C)(C)c1ccc(-c2nnc(-c3ccc4c(n3)-c3nc(-c5nnc(-c6ccc(C(C)(C)C)cc6)o5)ccc3-c3ccccc3-c3ccccc3-4)o2)cc1. The molecule has 0 amide bonds. The molecule has 0 saturated heterocycles. The van der Waals surface area contributed by atoms with Crippen LogP contribution in [0.4, 0.5) is 0 Å². The Labute approximate surface area is 314 Å². The molecule has 264 valence electrons. The molecule has 0 fully saturated rings. The van der Waals surface area contributed by atoms with Gasteiger partial charge in [0.1, 0.15) is 11.4 Å². The highest BCUT2D eigenvalue weighted by Crippen LogP contribution is 2.47. The van der Waals surface area contributed by atoms with E-state index in [9.17, 15) is 0 Å². The van der Waals surface area contributed by atoms with Crippen LogP contribution in [0.5, 0.6) is 0 Å². The zero-order chi connectivity index (χ0) is 37.2. The second kappa shape index (κ2) is 12.6. The molecule has 8 nitrogen and oxygen atoms in total. The Morgan fingerprint density at radius 2 is 0.685 bits per heavy atom. The Morgan fingerprint density at radius 1 is 0.352 bits per heavy atom. The molecular formula is C46H38N6O2. The van der Waals surface area contributed by atoms with Crippen LogP contribution in [0.3, 0.4) is 0 Å². The standard InChI is InChI=1S/C46H38N6O2/c1-45(2,3)29-19-15-27(16-20-29)41-49-51-43(53-41)37-25-23-35-33-13-9-7-11-31(33)32-12-8-10-14-34(32)36-24-26-38(48-40(36)39(35)47-37)44-52-50-42(54-44)28-17-21-30(22-18-28)46(4,5)6/h7-26H,1-6H3. The average molecular weight is 707 g/mol. The number of rotatable bonds is 4. The van der Waals surface area contributed by atoms with Gasteiger partial charge in [0.15, 0.2) is 0 Å². The van der Waals surface area contributed by atoms with Gasteiger partial charge in [-0.05, 0) is 92.7 Å². The summed E-state index contributed by atoms with van der Waals surface area (Å²) >= 11 is 0. The summed E-state index contributed by atoms with van der Waals surface area (Å²) in [6.45, 7) is 13.2. The maximum absolute atomic E-state index is 6.27. The monoisotopic (exact) mass is 706 g/mol. The minimum atomic E-state index is 0.0384. The second-order valence-electron chi connectivity index (χ2n) is 15.8. The number of pyridine rings is 2. The fraction of sp³-hybridized carbons (Fsp3) is 0.174. The molecule has 0 N–H and O–H groups in total. The first-order valence-electron chi connectivity index (χ1n) is 18.1. The molecule has 0 bridgehead atoms. The van der Waals surface area contributed by atoms with Crippen LogP contribution in [0.25, 0.3) is 90.8 Å². The van der Waals surface area contributed by atoms with E-state index in [1.165, 1.54) is 11.1 Å². The summed E-state index contributed by atoms with van der Waals surface area (Å²) in [6, 6.07) is 41.3. The van der Waals surface area contributed by atoms with Crippen molar-refractivity contribution < 1.29 is 8.83 Å². The molecule has 8 aromatic rings. The molecule has 0 spiro atoms. The van der Waals surface area contributed by atoms with Crippen molar-refractivity contribution in [3.05, 3.63) is 132 Å². The first-order valence-corrected chi connectivity index (χ1v) is 18.1. The van der Waals surface area contributed by atoms with E-state index in [0.29, 0.717) is 46.3 Å². The molecule has 4 heterocycles. The Balaban J connectivity index is 1.17. The predicted octanol–water partition coefficient (Wildman–Crippen LogP) is 11.5. The third-order valence-corrected chi connectivity index (χ3v) is 10.0. The quantitative estimate of drug-likeness (QED) is 0.178. The van der Waals surface area contributed by atoms with E-state index in [1.54, 1.807) is 0 Å². The summed E-state index contributed by atoms with van der Waals surface area (Å²) in [5.41, 5.74) is 12.8. The van der Waals surface area contributed by atoms with Crippen molar-refractivity contribution in [3.63, 3.8) is 0 Å². The number of hydrogen-bond acceptors (Lipinski definition) is 8. The molecule has 0 unspecified atom stereocenters. The lowest BCUT2D eigenvalue weighted by atomic mass is 9.84. The van der Waals surface area contributed by atoms with Gasteiger partial charge in [-0.2, -0.15) is 0 Å². The Bertz CT molecular complexity index is 2490. The molecule has 8 heteroatoms. The molecule has 0 radical (unpaired) electrons. The van der Waals surface area contributed by atoms with Crippen LogP contribution >= 0.6 is 0 Å². The molecule has 1 aliphatic carbocycles. The molecular weight excluding hydrogens is 669 g/mol. The van der Waals surface area contributed by atoms with Crippen LogP contribution < -0.4 is 0 Å². The van der Waals surface area contributed by atoms with E-state index in [1.807, 2.05) is 36.4 Å². The largest absolute Gasteiger partial charge is 0.415 e. The van der Waals surface area contributed by atoms with Crippen molar-refractivity contribution in [2.75, 3.05) is 0 Å². The fourth-order valence-corrected chi connectivity index (χ4v) is 6.97. The summed E-state index contributed by atoms with van der Waals surface area (Å²) in [7, 11) is 0. The third kappa shape index (κ3) is 5.90. The first kappa shape index (κ1) is 33.3. The van der Waals surface area contributed by atoms with E-state index in [0.717, 1.165) is 44.5 Å². The minimum absolute atomic E-state index is 0.0384. The lowest BCUT2D eigenvalue weighted by molar-refractivity contribution is 0.579. The number of benzene rings is 4. The van der Waals surface area contributed by atoms with E-state index in [2.05, 4.69) is 147 Å². The van der Waals surface area contributed by atoms with Gasteiger partial charge in [0, 0.05) is 22.3 Å². The van der Waals surface area contributed by atoms with Crippen LogP contribution in [0.2, 0.25) is 0 Å². The van der Waals surface area contributed by atoms with E-state index in [-0.39, 0.29) is 10.8 Å². The van der Waals surface area contributed by atoms with Gasteiger partial charge in [-0.15, -0.1) is 20.4 Å². The number of hydrogen-bond donors (Lipinski definition) is 0. The maximum atomic E-state index is 6.27. The maximum Gasteiger partial charge on any atom is 0.266 e. The summed E-state index contributed by atoms with van der Waals surface area (Å²) in [5, 5.41) is 17.7. The minimum Gasteiger partial charge on any atom is -0.415 e. The van der Waals surface area contributed by atoms with Gasteiger partial charge in [-0.25, -0.2) is 9.97 Å². The van der Waals surface area contributed by atoms with Gasteiger partial charge in [0.05, 0.1) is 11.4 Å². The van der Waals surface area contributed by atoms with Gasteiger partial charge in [-0.3, -0.25) is 0 Å². The zero-order valence-corrected chi connectivity index (χ0v) is 31.0. The second-order valence-corrected chi connectivity index (χ2v) is 15.8. The van der Waals surface area contributed by atoms with Gasteiger partial charge in [0.25, 0.3) is 11.8 Å².